The maximum atomic E-state index is 0. The summed E-state index contributed by atoms with van der Waals surface area (Å²) in [7, 11) is 0. The van der Waals surface area contributed by atoms with Crippen molar-refractivity contribution in [2.75, 3.05) is 0 Å². The Bertz CT molecular complexity index is 8.75. The molecule has 0 aliphatic carbocycles. The van der Waals surface area contributed by atoms with Gasteiger partial charge >= 0.3 is 23.1 Å². The molecular formula is H8Fe2MgO3. The van der Waals surface area contributed by atoms with Crippen LogP contribution in [-0.2, 0) is 34.1 Å². The van der Waals surface area contributed by atoms with Gasteiger partial charge in [-0.3, -0.25) is 0 Å². The van der Waals surface area contributed by atoms with Crippen LogP contribution in [0.2, 0.25) is 0 Å². The molecule has 0 aromatic rings. The third-order valence-corrected chi connectivity index (χ3v) is 0. The zero-order valence-electron chi connectivity index (χ0n) is 2.21. The average Bonchev–Trinajstić information content (AvgIpc) is 0. The summed E-state index contributed by atoms with van der Waals surface area (Å²) < 4.78 is 0. The molecule has 0 radical (unpaired) electrons. The number of rotatable bonds is 0. The second-order valence-electron chi connectivity index (χ2n) is 0. The number of hydrogen-bond acceptors (Lipinski definition) is 0. The molecule has 3 nitrogen and oxygen atoms in total. The molecule has 0 unspecified atom stereocenters. The van der Waals surface area contributed by atoms with E-state index in [0.29, 0.717) is 0 Å². The Morgan fingerprint density at radius 2 is 0.500 bits per heavy atom. The first-order valence-electron chi connectivity index (χ1n) is 0. The fourth-order valence-electron chi connectivity index (χ4n) is 0. The van der Waals surface area contributed by atoms with Crippen LogP contribution in [0.4, 0.5) is 0 Å². The van der Waals surface area contributed by atoms with E-state index in [1.54, 1.807) is 0 Å². The molecule has 0 fully saturated rings. The standard InChI is InChI=1S/2Fe.Mg.3H2O.2H/h;;;3*1H2;;. The van der Waals surface area contributed by atoms with Crippen LogP contribution in [0.3, 0.4) is 0 Å². The van der Waals surface area contributed by atoms with Crippen LogP contribution in [-0.4, -0.2) is 39.5 Å². The Hall–Kier alpha value is 1.69. The molecule has 0 aromatic carbocycles. The van der Waals surface area contributed by atoms with E-state index < -0.39 is 0 Å². The first-order valence-corrected chi connectivity index (χ1v) is 0. The van der Waals surface area contributed by atoms with Crippen LogP contribution in [0.25, 0.3) is 0 Å². The average molecular weight is 192 g/mol. The molecule has 6 heteroatoms. The van der Waals surface area contributed by atoms with Gasteiger partial charge in [-0.2, -0.15) is 0 Å². The monoisotopic (exact) mass is 192 g/mol. The summed E-state index contributed by atoms with van der Waals surface area (Å²) >= 11 is 0. The largest absolute Gasteiger partial charge is 0.412 e. The van der Waals surface area contributed by atoms with E-state index in [1.165, 1.54) is 0 Å². The van der Waals surface area contributed by atoms with Crippen LogP contribution in [0.1, 0.15) is 0 Å². The second-order valence-corrected chi connectivity index (χ2v) is 0. The molecule has 0 aromatic heterocycles. The summed E-state index contributed by atoms with van der Waals surface area (Å²) in [5.41, 5.74) is 0. The van der Waals surface area contributed by atoms with Crippen LogP contribution >= 0.6 is 0 Å². The Morgan fingerprint density at radius 3 is 0.500 bits per heavy atom. The van der Waals surface area contributed by atoms with Crippen molar-refractivity contribution < 1.29 is 50.6 Å². The maximum absolute atomic E-state index is 0. The van der Waals surface area contributed by atoms with Gasteiger partial charge in [0.2, 0.25) is 0 Å². The molecule has 0 saturated heterocycles. The molecular weight excluding hydrogens is 184 g/mol. The molecule has 0 spiro atoms. The fourth-order valence-corrected chi connectivity index (χ4v) is 0. The van der Waals surface area contributed by atoms with Gasteiger partial charge in [0.1, 0.15) is 0 Å². The third-order valence-electron chi connectivity index (χ3n) is 0. The van der Waals surface area contributed by atoms with Gasteiger partial charge in [-0.1, -0.05) is 0 Å². The van der Waals surface area contributed by atoms with Crippen molar-refractivity contribution in [3.63, 3.8) is 0 Å². The van der Waals surface area contributed by atoms with Gasteiger partial charge in [0.25, 0.3) is 0 Å². The van der Waals surface area contributed by atoms with Crippen molar-refractivity contribution in [3.8, 4) is 0 Å². The Labute approximate surface area is 73.3 Å². The van der Waals surface area contributed by atoms with Crippen LogP contribution < -0.4 is 0 Å². The summed E-state index contributed by atoms with van der Waals surface area (Å²) in [6.45, 7) is 0. The molecule has 0 heterocycles. The molecule has 0 aliphatic heterocycles. The minimum atomic E-state index is 0. The van der Waals surface area contributed by atoms with Gasteiger partial charge in [0, 0.05) is 34.1 Å². The minimum absolute atomic E-state index is 0. The first kappa shape index (κ1) is 121. The topological polar surface area (TPSA) is 94.5 Å². The van der Waals surface area contributed by atoms with Crippen molar-refractivity contribution in [1.82, 2.24) is 0 Å². The maximum Gasteiger partial charge on any atom is 0.316 e. The van der Waals surface area contributed by atoms with Gasteiger partial charge < -0.3 is 16.4 Å². The SMILES string of the molecule is O.O.O.[Fe].[Fe].[MgH2]. The Morgan fingerprint density at radius 1 is 0.500 bits per heavy atom. The first-order chi connectivity index (χ1) is 0. The Kier molecular flexibility index (Phi) is 1530. The predicted octanol–water partition coefficient (Wildman–Crippen LogP) is -3.40. The van der Waals surface area contributed by atoms with Gasteiger partial charge in [0.15, 0.2) is 0 Å². The van der Waals surface area contributed by atoms with Crippen LogP contribution in [0.5, 0.6) is 0 Å². The van der Waals surface area contributed by atoms with E-state index in [9.17, 15) is 0 Å². The van der Waals surface area contributed by atoms with Crippen molar-refractivity contribution in [2.45, 2.75) is 0 Å². The zero-order valence-corrected chi connectivity index (χ0v) is 4.42. The predicted molar refractivity (Wildman–Crippen MR) is 19.4 cm³/mol. The van der Waals surface area contributed by atoms with E-state index >= 15 is 0 Å². The summed E-state index contributed by atoms with van der Waals surface area (Å²) in [5.74, 6) is 0. The van der Waals surface area contributed by atoms with Gasteiger partial charge in [-0.15, -0.1) is 0 Å². The van der Waals surface area contributed by atoms with Gasteiger partial charge in [-0.25, -0.2) is 0 Å². The molecule has 0 bridgehead atoms. The van der Waals surface area contributed by atoms with Crippen molar-refractivity contribution >= 4 is 23.1 Å². The van der Waals surface area contributed by atoms with Gasteiger partial charge in [-0.05, 0) is 0 Å². The summed E-state index contributed by atoms with van der Waals surface area (Å²) in [4.78, 5) is 0. The molecule has 0 amide bonds. The fraction of sp³-hybridized carbons (Fsp3) is 0. The van der Waals surface area contributed by atoms with Crippen LogP contribution in [0.15, 0.2) is 0 Å². The van der Waals surface area contributed by atoms with Gasteiger partial charge in [0.05, 0.1) is 0 Å². The molecule has 0 atom stereocenters. The number of hydrogen-bond donors (Lipinski definition) is 0. The van der Waals surface area contributed by atoms with Crippen molar-refractivity contribution in [1.29, 1.82) is 0 Å². The second kappa shape index (κ2) is 76.1. The van der Waals surface area contributed by atoms with Crippen molar-refractivity contribution in [2.24, 2.45) is 0 Å². The van der Waals surface area contributed by atoms with E-state index in [1.807, 2.05) is 0 Å². The minimum Gasteiger partial charge on any atom is -0.412 e. The molecule has 44 valence electrons. The van der Waals surface area contributed by atoms with Crippen LogP contribution in [0, 0.1) is 0 Å². The smallest absolute Gasteiger partial charge is 0.316 e. The molecule has 0 rings (SSSR count). The van der Waals surface area contributed by atoms with E-state index in [-0.39, 0.29) is 73.6 Å². The summed E-state index contributed by atoms with van der Waals surface area (Å²) in [6, 6.07) is 0. The molecule has 6 heavy (non-hydrogen) atoms. The molecule has 0 saturated carbocycles. The molecule has 6 N–H and O–H groups in total. The quantitative estimate of drug-likeness (QED) is 0.358. The Balaban J connectivity index is 0. The normalized spacial score (nSPS) is 0. The zero-order chi connectivity index (χ0) is 0. The summed E-state index contributed by atoms with van der Waals surface area (Å²) in [6.07, 6.45) is 0. The molecule has 0 aliphatic rings. The van der Waals surface area contributed by atoms with E-state index in [2.05, 4.69) is 0 Å². The third kappa shape index (κ3) is 43.9. The van der Waals surface area contributed by atoms with Crippen molar-refractivity contribution in [3.05, 3.63) is 0 Å². The summed E-state index contributed by atoms with van der Waals surface area (Å²) in [5, 5.41) is 0. The van der Waals surface area contributed by atoms with E-state index in [0.717, 1.165) is 0 Å². The van der Waals surface area contributed by atoms with E-state index in [4.69, 9.17) is 0 Å².